The number of carboxylic acid groups (broad SMARTS) is 3. The van der Waals surface area contributed by atoms with Crippen molar-refractivity contribution >= 4 is 107 Å². The number of aliphatic carboxylic acids is 3. The standard InChI is InChI=1S/C6H8O7.C6H6O.3Na.2H2O.3H/c7-3(8)1-6(13,5(11)12)2-4(9)10;7-6-4-2-1-3-5-6;;;;;;;;/h13H,1-2H2,(H,7,8)(H,9,10)(H,11,12);1-5,7H;;;;2*1H2;;;. The van der Waals surface area contributed by atoms with Crippen molar-refractivity contribution in [3.05, 3.63) is 30.3 Å². The van der Waals surface area contributed by atoms with E-state index in [1.807, 2.05) is 6.07 Å². The van der Waals surface area contributed by atoms with Gasteiger partial charge in [0.25, 0.3) is 0 Å². The van der Waals surface area contributed by atoms with Crippen molar-refractivity contribution in [2.24, 2.45) is 0 Å². The van der Waals surface area contributed by atoms with Crippen molar-refractivity contribution in [2.45, 2.75) is 18.4 Å². The zero-order valence-electron chi connectivity index (χ0n) is 11.3. The third-order valence-electron chi connectivity index (χ3n) is 2.04. The average molecular weight is 394 g/mol. The summed E-state index contributed by atoms with van der Waals surface area (Å²) in [5.41, 5.74) is -2.74. The molecule has 0 aromatic heterocycles. The van der Waals surface area contributed by atoms with Gasteiger partial charge in [0.05, 0.1) is 12.8 Å². The van der Waals surface area contributed by atoms with Crippen molar-refractivity contribution in [2.75, 3.05) is 0 Å². The van der Waals surface area contributed by atoms with E-state index in [1.165, 1.54) is 0 Å². The van der Waals surface area contributed by atoms with Crippen LogP contribution in [0.5, 0.6) is 5.75 Å². The number of hydrogen-bond donors (Lipinski definition) is 5. The Labute approximate surface area is 209 Å². The Balaban J connectivity index is -0.0000000660. The molecule has 132 valence electrons. The van der Waals surface area contributed by atoms with Crippen LogP contribution in [0.3, 0.4) is 0 Å². The summed E-state index contributed by atoms with van der Waals surface area (Å²) in [5.74, 6) is -4.70. The van der Waals surface area contributed by atoms with Crippen LogP contribution in [0.15, 0.2) is 30.3 Å². The van der Waals surface area contributed by atoms with E-state index in [-0.39, 0.29) is 99.6 Å². The summed E-state index contributed by atoms with van der Waals surface area (Å²) in [7, 11) is 0. The van der Waals surface area contributed by atoms with E-state index in [0.717, 1.165) is 0 Å². The number of carboxylic acids is 3. The van der Waals surface area contributed by atoms with Gasteiger partial charge in [-0.05, 0) is 12.1 Å². The van der Waals surface area contributed by atoms with E-state index in [4.69, 9.17) is 25.5 Å². The molecule has 0 spiro atoms. The first-order valence-corrected chi connectivity index (χ1v) is 5.31. The van der Waals surface area contributed by atoms with Gasteiger partial charge in [-0.3, -0.25) is 9.59 Å². The van der Waals surface area contributed by atoms with Crippen LogP contribution in [-0.2, 0) is 14.4 Å². The molecule has 0 bridgehead atoms. The molecule has 13 heteroatoms. The molecule has 0 atom stereocenters. The number of aromatic hydroxyl groups is 1. The fraction of sp³-hybridized carbons (Fsp3) is 0.250. The van der Waals surface area contributed by atoms with Crippen molar-refractivity contribution in [1.82, 2.24) is 0 Å². The zero-order valence-corrected chi connectivity index (χ0v) is 11.3. The summed E-state index contributed by atoms with van der Waals surface area (Å²) < 4.78 is 0. The summed E-state index contributed by atoms with van der Waals surface area (Å²) >= 11 is 0. The number of hydrogen-bond acceptors (Lipinski definition) is 5. The minimum absolute atomic E-state index is 0. The van der Waals surface area contributed by atoms with Crippen LogP contribution in [0.4, 0.5) is 0 Å². The van der Waals surface area contributed by atoms with Gasteiger partial charge in [-0.15, -0.1) is 0 Å². The fourth-order valence-corrected chi connectivity index (χ4v) is 1.14. The Morgan fingerprint density at radius 1 is 0.800 bits per heavy atom. The number of phenolic OH excluding ortho intramolecular Hbond substituents is 1. The van der Waals surface area contributed by atoms with Gasteiger partial charge in [0.15, 0.2) is 5.60 Å². The normalized spacial score (nSPS) is 8.04. The maximum absolute atomic E-state index is 10.3. The number of para-hydroxylation sites is 1. The molecule has 9 N–H and O–H groups in total. The maximum atomic E-state index is 10.3. The molecule has 1 aromatic carbocycles. The van der Waals surface area contributed by atoms with Crippen LogP contribution in [0.1, 0.15) is 12.8 Å². The molecule has 0 saturated heterocycles. The number of phenols is 1. The molecule has 0 fully saturated rings. The van der Waals surface area contributed by atoms with Crippen LogP contribution < -0.4 is 0 Å². The van der Waals surface area contributed by atoms with Crippen molar-refractivity contribution in [3.8, 4) is 5.75 Å². The number of benzene rings is 1. The Bertz CT molecular complexity index is 467. The van der Waals surface area contributed by atoms with E-state index in [1.54, 1.807) is 24.3 Å². The monoisotopic (exact) mass is 394 g/mol. The van der Waals surface area contributed by atoms with Gasteiger partial charge in [-0.2, -0.15) is 0 Å². The first-order chi connectivity index (χ1) is 9.17. The molecular weight excluding hydrogens is 373 g/mol. The van der Waals surface area contributed by atoms with Crippen molar-refractivity contribution in [3.63, 3.8) is 0 Å². The molecule has 0 radical (unpaired) electrons. The van der Waals surface area contributed by atoms with Gasteiger partial charge in [0.1, 0.15) is 5.75 Å². The molecule has 0 aliphatic heterocycles. The predicted molar refractivity (Wildman–Crippen MR) is 93.9 cm³/mol. The first kappa shape index (κ1) is 40.1. The van der Waals surface area contributed by atoms with Crippen LogP contribution in [0, 0.1) is 0 Å². The second-order valence-electron chi connectivity index (χ2n) is 3.81. The SMILES string of the molecule is O.O.O=C(O)CC(O)(CC(=O)O)C(=O)O.Oc1ccccc1.[NaH].[NaH].[NaH]. The van der Waals surface area contributed by atoms with Crippen LogP contribution in [-0.4, -0.2) is 149 Å². The Hall–Kier alpha value is 0.310. The Morgan fingerprint density at radius 3 is 1.28 bits per heavy atom. The molecule has 10 nitrogen and oxygen atoms in total. The van der Waals surface area contributed by atoms with E-state index >= 15 is 0 Å². The molecule has 1 rings (SSSR count). The summed E-state index contributed by atoms with van der Waals surface area (Å²) in [6.45, 7) is 0. The predicted octanol–water partition coefficient (Wildman–Crippen LogP) is -3.45. The van der Waals surface area contributed by atoms with Gasteiger partial charge in [0, 0.05) is 0 Å². The van der Waals surface area contributed by atoms with Crippen molar-refractivity contribution < 1.29 is 50.9 Å². The van der Waals surface area contributed by atoms with Gasteiger partial charge in [0.2, 0.25) is 0 Å². The molecule has 25 heavy (non-hydrogen) atoms. The van der Waals surface area contributed by atoms with Crippen LogP contribution in [0.2, 0.25) is 0 Å². The van der Waals surface area contributed by atoms with Crippen molar-refractivity contribution in [1.29, 1.82) is 0 Å². The number of aliphatic hydroxyl groups is 1. The zero-order chi connectivity index (χ0) is 15.8. The molecule has 0 aliphatic rings. The van der Waals surface area contributed by atoms with E-state index < -0.39 is 36.4 Å². The fourth-order valence-electron chi connectivity index (χ4n) is 1.14. The summed E-state index contributed by atoms with van der Waals surface area (Å²) in [4.78, 5) is 30.5. The molecule has 0 saturated carbocycles. The first-order valence-electron chi connectivity index (χ1n) is 5.31. The van der Waals surface area contributed by atoms with Crippen LogP contribution >= 0.6 is 0 Å². The average Bonchev–Trinajstić information content (AvgIpc) is 2.28. The topological polar surface area (TPSA) is 215 Å². The Morgan fingerprint density at radius 2 is 1.12 bits per heavy atom. The van der Waals surface area contributed by atoms with E-state index in [9.17, 15) is 14.4 Å². The van der Waals surface area contributed by atoms with E-state index in [0.29, 0.717) is 5.75 Å². The third kappa shape index (κ3) is 20.5. The molecule has 0 heterocycles. The second-order valence-corrected chi connectivity index (χ2v) is 3.81. The minimum atomic E-state index is -2.74. The molecule has 1 aromatic rings. The quantitative estimate of drug-likeness (QED) is 0.316. The summed E-state index contributed by atoms with van der Waals surface area (Å²) in [6.07, 6.45) is -2.29. The Kier molecular flexibility index (Phi) is 33.1. The van der Waals surface area contributed by atoms with Crippen LogP contribution in [0.25, 0.3) is 0 Å². The molecule has 0 amide bonds. The molecule has 0 aliphatic carbocycles. The van der Waals surface area contributed by atoms with Gasteiger partial charge >= 0.3 is 107 Å². The number of carbonyl (C=O) groups is 3. The van der Waals surface area contributed by atoms with Gasteiger partial charge in [-0.25, -0.2) is 4.79 Å². The molecule has 0 unspecified atom stereocenters. The van der Waals surface area contributed by atoms with E-state index in [2.05, 4.69) is 0 Å². The second kappa shape index (κ2) is 20.6. The third-order valence-corrected chi connectivity index (χ3v) is 2.04. The van der Waals surface area contributed by atoms with Gasteiger partial charge < -0.3 is 36.5 Å². The number of rotatable bonds is 5. The summed E-state index contributed by atoms with van der Waals surface area (Å²) in [5, 5.41) is 42.4. The molecular formula is C12H21Na3O10. The summed E-state index contributed by atoms with van der Waals surface area (Å²) in [6, 6.07) is 8.71. The van der Waals surface area contributed by atoms with Gasteiger partial charge in [-0.1, -0.05) is 18.2 Å².